The second-order valence-corrected chi connectivity index (χ2v) is 12.9. The molecule has 0 atom stereocenters. The van der Waals surface area contributed by atoms with Crippen LogP contribution in [0.3, 0.4) is 0 Å². The van der Waals surface area contributed by atoms with Crippen LogP contribution in [0.25, 0.3) is 0 Å². The Bertz CT molecular complexity index is 473. The van der Waals surface area contributed by atoms with Crippen LogP contribution in [0.4, 0.5) is 0 Å². The van der Waals surface area contributed by atoms with Gasteiger partial charge in [0, 0.05) is 38.5 Å². The Hall–Kier alpha value is -0.360. The van der Waals surface area contributed by atoms with Crippen molar-refractivity contribution in [1.29, 1.82) is 0 Å². The molecule has 9 heteroatoms. The lowest BCUT2D eigenvalue weighted by molar-refractivity contribution is -0.173. The maximum Gasteiger partial charge on any atom is 0.162 e. The molecule has 9 nitrogen and oxygen atoms in total. The van der Waals surface area contributed by atoms with E-state index < -0.39 is 17.4 Å². The SMILES string of the molecule is OC1(O)CCCCCCCCC1.OC1(O)CCCCCCCCC1.OC1(O)CCCCCCCCC1.OCCOCCO. The van der Waals surface area contributed by atoms with E-state index in [1.807, 2.05) is 0 Å². The lowest BCUT2D eigenvalue weighted by Crippen LogP contribution is -2.27. The Labute approximate surface area is 262 Å². The van der Waals surface area contributed by atoms with Crippen LogP contribution in [-0.2, 0) is 4.74 Å². The summed E-state index contributed by atoms with van der Waals surface area (Å²) >= 11 is 0. The highest BCUT2D eigenvalue weighted by atomic mass is 16.5. The van der Waals surface area contributed by atoms with Gasteiger partial charge in [-0.2, -0.15) is 0 Å². The minimum absolute atomic E-state index is 0.0278. The maximum atomic E-state index is 9.45. The molecule has 3 aliphatic carbocycles. The Morgan fingerprint density at radius 1 is 0.302 bits per heavy atom. The van der Waals surface area contributed by atoms with E-state index in [4.69, 9.17) is 10.2 Å². The highest BCUT2D eigenvalue weighted by molar-refractivity contribution is 4.68. The van der Waals surface area contributed by atoms with Crippen molar-refractivity contribution >= 4 is 0 Å². The lowest BCUT2D eigenvalue weighted by atomic mass is 9.97. The normalized spacial score (nSPS) is 23.7. The summed E-state index contributed by atoms with van der Waals surface area (Å²) in [7, 11) is 0. The number of ether oxygens (including phenoxy) is 1. The fourth-order valence-corrected chi connectivity index (χ4v) is 5.71. The van der Waals surface area contributed by atoms with Crippen molar-refractivity contribution in [2.45, 2.75) is 191 Å². The van der Waals surface area contributed by atoms with Gasteiger partial charge in [0.2, 0.25) is 0 Å². The smallest absolute Gasteiger partial charge is 0.162 e. The second kappa shape index (κ2) is 27.9. The molecule has 0 saturated heterocycles. The molecule has 3 aliphatic rings. The first-order valence-corrected chi connectivity index (χ1v) is 17.7. The summed E-state index contributed by atoms with van der Waals surface area (Å²) in [6.07, 6.45) is 27.6. The molecule has 0 heterocycles. The van der Waals surface area contributed by atoms with Crippen LogP contribution < -0.4 is 0 Å². The predicted octanol–water partition coefficient (Wildman–Crippen LogP) is 5.56. The lowest BCUT2D eigenvalue weighted by Gasteiger charge is -2.22. The zero-order chi connectivity index (χ0) is 32.1. The number of hydrogen-bond acceptors (Lipinski definition) is 9. The first kappa shape index (κ1) is 42.6. The first-order valence-electron chi connectivity index (χ1n) is 17.7. The molecule has 0 aliphatic heterocycles. The van der Waals surface area contributed by atoms with Crippen LogP contribution in [0.15, 0.2) is 0 Å². The molecule has 0 amide bonds. The van der Waals surface area contributed by atoms with Crippen LogP contribution in [-0.4, -0.2) is 84.6 Å². The van der Waals surface area contributed by atoms with E-state index in [1.54, 1.807) is 0 Å². The molecule has 260 valence electrons. The number of aliphatic hydroxyl groups excluding tert-OH is 2. The van der Waals surface area contributed by atoms with Crippen molar-refractivity contribution in [3.8, 4) is 0 Å². The molecule has 0 aromatic rings. The highest BCUT2D eigenvalue weighted by Gasteiger charge is 2.23. The van der Waals surface area contributed by atoms with E-state index in [0.29, 0.717) is 51.7 Å². The summed E-state index contributed by atoms with van der Waals surface area (Å²) in [6, 6.07) is 0. The Balaban J connectivity index is 0.000000558. The van der Waals surface area contributed by atoms with Crippen molar-refractivity contribution < 1.29 is 45.6 Å². The summed E-state index contributed by atoms with van der Waals surface area (Å²) in [5, 5.41) is 72.9. The summed E-state index contributed by atoms with van der Waals surface area (Å²) < 4.78 is 4.63. The number of aliphatic hydroxyl groups is 8. The molecule has 0 aromatic heterocycles. The van der Waals surface area contributed by atoms with Crippen molar-refractivity contribution in [2.75, 3.05) is 26.4 Å². The quantitative estimate of drug-likeness (QED) is 0.148. The summed E-state index contributed by atoms with van der Waals surface area (Å²) in [5.41, 5.74) is 0. The van der Waals surface area contributed by atoms with E-state index in [1.165, 1.54) is 57.8 Å². The molecule has 43 heavy (non-hydrogen) atoms. The molecule has 3 rings (SSSR count). The van der Waals surface area contributed by atoms with Crippen LogP contribution >= 0.6 is 0 Å². The average Bonchev–Trinajstić information content (AvgIpc) is 2.96. The van der Waals surface area contributed by atoms with Gasteiger partial charge >= 0.3 is 0 Å². The fourth-order valence-electron chi connectivity index (χ4n) is 5.71. The van der Waals surface area contributed by atoms with Crippen molar-refractivity contribution in [2.24, 2.45) is 0 Å². The van der Waals surface area contributed by atoms with Gasteiger partial charge in [-0.3, -0.25) is 0 Å². The van der Waals surface area contributed by atoms with Crippen molar-refractivity contribution in [3.63, 3.8) is 0 Å². The Morgan fingerprint density at radius 2 is 0.465 bits per heavy atom. The fraction of sp³-hybridized carbons (Fsp3) is 1.00. The van der Waals surface area contributed by atoms with Crippen LogP contribution in [0.1, 0.15) is 173 Å². The highest BCUT2D eigenvalue weighted by Crippen LogP contribution is 2.24. The summed E-state index contributed by atoms with van der Waals surface area (Å²) in [4.78, 5) is 0. The van der Waals surface area contributed by atoms with Crippen LogP contribution in [0, 0.1) is 0 Å². The van der Waals surface area contributed by atoms with Gasteiger partial charge in [0.05, 0.1) is 26.4 Å². The van der Waals surface area contributed by atoms with Gasteiger partial charge in [-0.1, -0.05) is 96.3 Å². The molecule has 3 saturated carbocycles. The van der Waals surface area contributed by atoms with Crippen molar-refractivity contribution in [3.05, 3.63) is 0 Å². The molecule has 0 aromatic carbocycles. The summed E-state index contributed by atoms with van der Waals surface area (Å²) in [5.74, 6) is -4.09. The van der Waals surface area contributed by atoms with Gasteiger partial charge in [-0.25, -0.2) is 0 Å². The molecule has 0 bridgehead atoms. The molecular formula is C34H70O9. The molecule has 8 N–H and O–H groups in total. The average molecular weight is 623 g/mol. The summed E-state index contributed by atoms with van der Waals surface area (Å²) in [6.45, 7) is 0.696. The maximum absolute atomic E-state index is 9.45. The van der Waals surface area contributed by atoms with Crippen LogP contribution in [0.2, 0.25) is 0 Å². The Kier molecular flexibility index (Phi) is 27.7. The van der Waals surface area contributed by atoms with Gasteiger partial charge in [0.15, 0.2) is 17.4 Å². The van der Waals surface area contributed by atoms with E-state index in [2.05, 4.69) is 4.74 Å². The van der Waals surface area contributed by atoms with Gasteiger partial charge in [0.1, 0.15) is 0 Å². The minimum Gasteiger partial charge on any atom is -0.394 e. The van der Waals surface area contributed by atoms with E-state index >= 15 is 0 Å². The standard InChI is InChI=1S/3C10H20O2.C4H10O3/c3*11-10(12)8-6-4-2-1-3-5-7-9-10;5-1-3-7-4-2-6/h3*11-12H,1-9H2;5-6H,1-4H2. The minimum atomic E-state index is -1.36. The number of rotatable bonds is 4. The topological polar surface area (TPSA) is 171 Å². The third-order valence-corrected chi connectivity index (χ3v) is 8.43. The van der Waals surface area contributed by atoms with Crippen molar-refractivity contribution in [1.82, 2.24) is 0 Å². The Morgan fingerprint density at radius 3 is 0.628 bits per heavy atom. The van der Waals surface area contributed by atoms with E-state index in [9.17, 15) is 30.6 Å². The van der Waals surface area contributed by atoms with Gasteiger partial charge in [0.25, 0.3) is 0 Å². The molecule has 0 radical (unpaired) electrons. The molecule has 0 spiro atoms. The van der Waals surface area contributed by atoms with Gasteiger partial charge in [-0.05, 0) is 38.5 Å². The van der Waals surface area contributed by atoms with E-state index in [0.717, 1.165) is 77.0 Å². The number of hydrogen-bond donors (Lipinski definition) is 8. The van der Waals surface area contributed by atoms with E-state index in [-0.39, 0.29) is 13.2 Å². The zero-order valence-electron chi connectivity index (χ0n) is 27.4. The third-order valence-electron chi connectivity index (χ3n) is 8.43. The third kappa shape index (κ3) is 31.4. The molecular weight excluding hydrogens is 552 g/mol. The van der Waals surface area contributed by atoms with Crippen LogP contribution in [0.5, 0.6) is 0 Å². The van der Waals surface area contributed by atoms with Gasteiger partial charge < -0.3 is 45.6 Å². The monoisotopic (exact) mass is 623 g/mol. The predicted molar refractivity (Wildman–Crippen MR) is 171 cm³/mol. The molecule has 3 fully saturated rings. The first-order chi connectivity index (χ1) is 20.5. The second-order valence-electron chi connectivity index (χ2n) is 12.9. The van der Waals surface area contributed by atoms with Gasteiger partial charge in [-0.15, -0.1) is 0 Å². The zero-order valence-corrected chi connectivity index (χ0v) is 27.4. The molecule has 0 unspecified atom stereocenters. The largest absolute Gasteiger partial charge is 0.394 e.